The lowest BCUT2D eigenvalue weighted by atomic mass is 10.1. The average molecular weight is 362 g/mol. The molecule has 0 unspecified atom stereocenters. The minimum Gasteiger partial charge on any atom is -0.494 e. The van der Waals surface area contributed by atoms with E-state index < -0.39 is 10.0 Å². The third-order valence-electron chi connectivity index (χ3n) is 3.42. The van der Waals surface area contributed by atoms with Gasteiger partial charge in [0.2, 0.25) is 10.0 Å². The molecule has 0 radical (unpaired) electrons. The standard InChI is InChI=1S/C18H22N2O4S/c1-3-24-17-10-8-16(9-11-17)20-18(21)15-6-4-14(5-7-15)12-13-19-25(2,22)23/h4-11,19H,3,12-13H2,1-2H3,(H,20,21). The molecule has 2 rings (SSSR count). The van der Waals surface area contributed by atoms with E-state index in [4.69, 9.17) is 4.74 Å². The van der Waals surface area contributed by atoms with E-state index in [0.717, 1.165) is 17.6 Å². The number of sulfonamides is 1. The Morgan fingerprint density at radius 1 is 1.04 bits per heavy atom. The van der Waals surface area contributed by atoms with Crippen molar-refractivity contribution in [2.45, 2.75) is 13.3 Å². The molecule has 0 aliphatic heterocycles. The fraction of sp³-hybridized carbons (Fsp3) is 0.278. The molecule has 7 heteroatoms. The summed E-state index contributed by atoms with van der Waals surface area (Å²) in [5.74, 6) is 0.553. The zero-order chi connectivity index (χ0) is 18.3. The lowest BCUT2D eigenvalue weighted by Crippen LogP contribution is -2.24. The quantitative estimate of drug-likeness (QED) is 0.755. The van der Waals surface area contributed by atoms with E-state index in [2.05, 4.69) is 10.0 Å². The number of anilines is 1. The number of amides is 1. The summed E-state index contributed by atoms with van der Waals surface area (Å²) in [5.41, 5.74) is 2.18. The molecule has 25 heavy (non-hydrogen) atoms. The highest BCUT2D eigenvalue weighted by atomic mass is 32.2. The van der Waals surface area contributed by atoms with Gasteiger partial charge in [0.1, 0.15) is 5.75 Å². The molecule has 0 heterocycles. The summed E-state index contributed by atoms with van der Waals surface area (Å²) in [6, 6.07) is 14.3. The first-order chi connectivity index (χ1) is 11.9. The van der Waals surface area contributed by atoms with Crippen LogP contribution in [0, 0.1) is 0 Å². The van der Waals surface area contributed by atoms with Crippen molar-refractivity contribution < 1.29 is 17.9 Å². The van der Waals surface area contributed by atoms with Crippen molar-refractivity contribution in [1.82, 2.24) is 4.72 Å². The molecule has 0 saturated heterocycles. The molecule has 6 nitrogen and oxygen atoms in total. The Labute approximate surface area is 148 Å². The van der Waals surface area contributed by atoms with Crippen LogP contribution < -0.4 is 14.8 Å². The second-order valence-corrected chi connectivity index (χ2v) is 7.36. The number of benzene rings is 2. The molecule has 0 spiro atoms. The van der Waals surface area contributed by atoms with Crippen LogP contribution in [0.15, 0.2) is 48.5 Å². The van der Waals surface area contributed by atoms with Crippen molar-refractivity contribution >= 4 is 21.6 Å². The molecule has 2 aromatic carbocycles. The van der Waals surface area contributed by atoms with Crippen LogP contribution >= 0.6 is 0 Å². The summed E-state index contributed by atoms with van der Waals surface area (Å²) in [4.78, 5) is 12.2. The van der Waals surface area contributed by atoms with Crippen LogP contribution in [0.4, 0.5) is 5.69 Å². The lowest BCUT2D eigenvalue weighted by molar-refractivity contribution is 0.102. The molecule has 0 saturated carbocycles. The molecular weight excluding hydrogens is 340 g/mol. The maximum atomic E-state index is 12.2. The molecular formula is C18H22N2O4S. The van der Waals surface area contributed by atoms with Gasteiger partial charge in [-0.3, -0.25) is 4.79 Å². The van der Waals surface area contributed by atoms with E-state index in [9.17, 15) is 13.2 Å². The third kappa shape index (κ3) is 6.56. The van der Waals surface area contributed by atoms with Gasteiger partial charge in [0.25, 0.3) is 5.91 Å². The van der Waals surface area contributed by atoms with Gasteiger partial charge < -0.3 is 10.1 Å². The van der Waals surface area contributed by atoms with Crippen molar-refractivity contribution in [1.29, 1.82) is 0 Å². The predicted molar refractivity (Wildman–Crippen MR) is 98.6 cm³/mol. The maximum Gasteiger partial charge on any atom is 0.255 e. The fourth-order valence-electron chi connectivity index (χ4n) is 2.21. The second-order valence-electron chi connectivity index (χ2n) is 5.52. The molecule has 0 fully saturated rings. The van der Waals surface area contributed by atoms with Crippen LogP contribution in [0.1, 0.15) is 22.8 Å². The van der Waals surface area contributed by atoms with Gasteiger partial charge in [-0.25, -0.2) is 13.1 Å². The molecule has 0 aliphatic carbocycles. The maximum absolute atomic E-state index is 12.2. The number of carbonyl (C=O) groups excluding carboxylic acids is 1. The number of ether oxygens (including phenoxy) is 1. The largest absolute Gasteiger partial charge is 0.494 e. The second kappa shape index (κ2) is 8.64. The molecule has 1 amide bonds. The van der Waals surface area contributed by atoms with Gasteiger partial charge in [0, 0.05) is 17.8 Å². The Kier molecular flexibility index (Phi) is 6.55. The van der Waals surface area contributed by atoms with Crippen LogP contribution in [0.5, 0.6) is 5.75 Å². The van der Waals surface area contributed by atoms with Crippen molar-refractivity contribution in [2.75, 3.05) is 24.7 Å². The number of hydrogen-bond acceptors (Lipinski definition) is 4. The zero-order valence-electron chi connectivity index (χ0n) is 14.3. The highest BCUT2D eigenvalue weighted by molar-refractivity contribution is 7.88. The Hall–Kier alpha value is -2.38. The normalized spacial score (nSPS) is 11.1. The summed E-state index contributed by atoms with van der Waals surface area (Å²) in [7, 11) is -3.18. The molecule has 0 aromatic heterocycles. The molecule has 134 valence electrons. The van der Waals surface area contributed by atoms with Crippen LogP contribution in [-0.2, 0) is 16.4 Å². The topological polar surface area (TPSA) is 84.5 Å². The van der Waals surface area contributed by atoms with Crippen molar-refractivity contribution in [3.05, 3.63) is 59.7 Å². The molecule has 0 aliphatic rings. The Bertz CT molecular complexity index is 800. The summed E-state index contributed by atoms with van der Waals surface area (Å²) in [6.07, 6.45) is 1.69. The first-order valence-corrected chi connectivity index (χ1v) is 9.84. The zero-order valence-corrected chi connectivity index (χ0v) is 15.1. The molecule has 2 N–H and O–H groups in total. The summed E-state index contributed by atoms with van der Waals surface area (Å²) >= 11 is 0. The van der Waals surface area contributed by atoms with Gasteiger partial charge in [0.15, 0.2) is 0 Å². The minimum atomic E-state index is -3.18. The van der Waals surface area contributed by atoms with Gasteiger partial charge >= 0.3 is 0 Å². The van der Waals surface area contributed by atoms with E-state index in [1.807, 2.05) is 19.1 Å². The van der Waals surface area contributed by atoms with Crippen LogP contribution in [-0.4, -0.2) is 33.7 Å². The number of hydrogen-bond donors (Lipinski definition) is 2. The van der Waals surface area contributed by atoms with E-state index in [-0.39, 0.29) is 5.91 Å². The predicted octanol–water partition coefficient (Wildman–Crippen LogP) is 2.43. The van der Waals surface area contributed by atoms with Gasteiger partial charge in [-0.05, 0) is 55.3 Å². The van der Waals surface area contributed by atoms with E-state index in [1.54, 1.807) is 36.4 Å². The van der Waals surface area contributed by atoms with Gasteiger partial charge in [-0.15, -0.1) is 0 Å². The Morgan fingerprint density at radius 2 is 1.68 bits per heavy atom. The Morgan fingerprint density at radius 3 is 2.24 bits per heavy atom. The Balaban J connectivity index is 1.91. The minimum absolute atomic E-state index is 0.204. The van der Waals surface area contributed by atoms with Gasteiger partial charge in [0.05, 0.1) is 12.9 Å². The highest BCUT2D eigenvalue weighted by Gasteiger charge is 2.07. The number of rotatable bonds is 8. The first kappa shape index (κ1) is 19.0. The van der Waals surface area contributed by atoms with Gasteiger partial charge in [-0.1, -0.05) is 12.1 Å². The summed E-state index contributed by atoms with van der Waals surface area (Å²) in [6.45, 7) is 2.84. The number of nitrogens with one attached hydrogen (secondary N) is 2. The third-order valence-corrected chi connectivity index (χ3v) is 4.15. The van der Waals surface area contributed by atoms with Crippen molar-refractivity contribution in [3.8, 4) is 5.75 Å². The summed E-state index contributed by atoms with van der Waals surface area (Å²) in [5, 5.41) is 2.82. The van der Waals surface area contributed by atoms with E-state index in [0.29, 0.717) is 30.8 Å². The van der Waals surface area contributed by atoms with Gasteiger partial charge in [-0.2, -0.15) is 0 Å². The smallest absolute Gasteiger partial charge is 0.255 e. The molecule has 2 aromatic rings. The lowest BCUT2D eigenvalue weighted by Gasteiger charge is -2.08. The average Bonchev–Trinajstić information content (AvgIpc) is 2.56. The van der Waals surface area contributed by atoms with Crippen LogP contribution in [0.25, 0.3) is 0 Å². The number of carbonyl (C=O) groups is 1. The SMILES string of the molecule is CCOc1ccc(NC(=O)c2ccc(CCNS(C)(=O)=O)cc2)cc1. The van der Waals surface area contributed by atoms with E-state index >= 15 is 0 Å². The van der Waals surface area contributed by atoms with E-state index in [1.165, 1.54) is 0 Å². The van der Waals surface area contributed by atoms with Crippen molar-refractivity contribution in [3.63, 3.8) is 0 Å². The summed E-state index contributed by atoms with van der Waals surface area (Å²) < 4.78 is 29.8. The van der Waals surface area contributed by atoms with Crippen LogP contribution in [0.2, 0.25) is 0 Å². The molecule has 0 bridgehead atoms. The van der Waals surface area contributed by atoms with Crippen molar-refractivity contribution in [2.24, 2.45) is 0 Å². The van der Waals surface area contributed by atoms with Crippen LogP contribution in [0.3, 0.4) is 0 Å². The monoisotopic (exact) mass is 362 g/mol. The fourth-order valence-corrected chi connectivity index (χ4v) is 2.68. The molecule has 0 atom stereocenters. The first-order valence-electron chi connectivity index (χ1n) is 7.95. The highest BCUT2D eigenvalue weighted by Crippen LogP contribution is 2.16.